The van der Waals surface area contributed by atoms with E-state index < -0.39 is 21.4 Å². The Kier molecular flexibility index (Phi) is 36.8. The van der Waals surface area contributed by atoms with Crippen LogP contribution in [0, 0.1) is 0 Å². The molecule has 4 N–H and O–H groups in total. The van der Waals surface area contributed by atoms with Gasteiger partial charge in [0.15, 0.2) is 0 Å². The second-order valence-electron chi connectivity index (χ2n) is 4.36. The van der Waals surface area contributed by atoms with Crippen molar-refractivity contribution < 1.29 is 135 Å². The summed E-state index contributed by atoms with van der Waals surface area (Å²) < 4.78 is 10.6. The van der Waals surface area contributed by atoms with Crippen molar-refractivity contribution in [1.29, 1.82) is 0 Å². The fourth-order valence-corrected chi connectivity index (χ4v) is 8.15. The molecule has 0 atom stereocenters. The van der Waals surface area contributed by atoms with Gasteiger partial charge in [-0.1, -0.05) is 0 Å². The Morgan fingerprint density at radius 3 is 0.808 bits per heavy atom. The number of halogens is 4. The fraction of sp³-hybridized carbons (Fsp3) is 0.667. The zero-order chi connectivity index (χ0) is 16.5. The summed E-state index contributed by atoms with van der Waals surface area (Å²) in [4.78, 5) is 46.9. The van der Waals surface area contributed by atoms with Gasteiger partial charge in [0.1, 0.15) is 0 Å². The molecule has 0 aromatic carbocycles. The van der Waals surface area contributed by atoms with Gasteiger partial charge in [0.2, 0.25) is 0 Å². The van der Waals surface area contributed by atoms with E-state index in [0.29, 0.717) is 0 Å². The molecule has 4 amide bonds. The molecule has 0 aliphatic rings. The molecule has 152 valence electrons. The maximum Gasteiger partial charge on any atom is 4.00 e. The number of carbonyl (C=O) groups excluding carboxylic acids is 4. The molecular formula is C12H24Br4N4O4Zr2. The van der Waals surface area contributed by atoms with Crippen LogP contribution in [0.2, 0.25) is 0 Å². The van der Waals surface area contributed by atoms with Crippen molar-refractivity contribution in [3.8, 4) is 0 Å². The Labute approximate surface area is 222 Å². The molecule has 0 saturated heterocycles. The third kappa shape index (κ3) is 17.7. The van der Waals surface area contributed by atoms with Crippen LogP contribution >= 0.6 is 0 Å². The van der Waals surface area contributed by atoms with Crippen LogP contribution < -0.4 is 81.0 Å². The van der Waals surface area contributed by atoms with Crippen molar-refractivity contribution >= 4 is 23.6 Å². The molecule has 8 nitrogen and oxygen atoms in total. The molecule has 0 unspecified atom stereocenters. The summed E-state index contributed by atoms with van der Waals surface area (Å²) in [6.45, 7) is 6.60. The maximum atomic E-state index is 11.7. The molecule has 0 aromatic heterocycles. The van der Waals surface area contributed by atoms with E-state index >= 15 is 0 Å². The zero-order valence-electron chi connectivity index (χ0n) is 15.0. The van der Waals surface area contributed by atoms with Gasteiger partial charge in [-0.2, -0.15) is 0 Å². The van der Waals surface area contributed by atoms with E-state index in [1.54, 1.807) is 27.7 Å². The first kappa shape index (κ1) is 41.8. The molecular weight excluding hydrogens is 766 g/mol. The number of nitrogens with one attached hydrogen (secondary N) is 4. The summed E-state index contributed by atoms with van der Waals surface area (Å²) in [6.07, 6.45) is 0.741. The van der Waals surface area contributed by atoms with E-state index in [4.69, 9.17) is 0 Å². The molecule has 0 rings (SSSR count). The summed E-state index contributed by atoms with van der Waals surface area (Å²) in [5.74, 6) is -1.35. The molecule has 0 aliphatic heterocycles. The minimum Gasteiger partial charge on any atom is -1.00 e. The number of hydrogen-bond donors (Lipinski definition) is 4. The van der Waals surface area contributed by atoms with E-state index in [-0.39, 0.29) is 143 Å². The standard InChI is InChI=1S/4C3H7NO.4BrH.2Zr/c4*1-2-3(4)5;;;;;;/h4*2H2,1H3,(H2,4,5);4*1H;;/q;;;;;;;;2*+4/p-8. The first-order valence-electron chi connectivity index (χ1n) is 7.06. The van der Waals surface area contributed by atoms with Crippen molar-refractivity contribution in [2.24, 2.45) is 0 Å². The van der Waals surface area contributed by atoms with E-state index in [1.807, 2.05) is 0 Å². The van der Waals surface area contributed by atoms with E-state index in [2.05, 4.69) is 13.0 Å². The SMILES string of the molecule is CCC(=O)[NH][Zr]([NH]C(=O)CC)([NH]C(=O)CC)[NH]C(=O)CC.[Br-].[Br-].[Br-].[Br-].[Zr+4]. The number of rotatable bonds is 8. The summed E-state index contributed by atoms with van der Waals surface area (Å²) in [6, 6.07) is 0. The Balaban J connectivity index is -0.000000200. The van der Waals surface area contributed by atoms with Gasteiger partial charge in [-0.15, -0.1) is 0 Å². The van der Waals surface area contributed by atoms with Crippen LogP contribution in [0.15, 0.2) is 0 Å². The van der Waals surface area contributed by atoms with Gasteiger partial charge in [0.25, 0.3) is 0 Å². The van der Waals surface area contributed by atoms with Gasteiger partial charge in [0, 0.05) is 0 Å². The first-order valence-corrected chi connectivity index (χ1v) is 12.0. The molecule has 14 heteroatoms. The van der Waals surface area contributed by atoms with Gasteiger partial charge < -0.3 is 67.9 Å². The molecule has 0 aliphatic carbocycles. The number of hydrogen-bond acceptors (Lipinski definition) is 4. The van der Waals surface area contributed by atoms with Crippen molar-refractivity contribution in [2.75, 3.05) is 0 Å². The summed E-state index contributed by atoms with van der Waals surface area (Å²) >= 11 is -4.41. The van der Waals surface area contributed by atoms with Crippen LogP contribution in [0.4, 0.5) is 0 Å². The van der Waals surface area contributed by atoms with Crippen LogP contribution in [-0.2, 0) is 66.8 Å². The summed E-state index contributed by atoms with van der Waals surface area (Å²) in [5.41, 5.74) is 0. The third-order valence-electron chi connectivity index (χ3n) is 2.59. The number of amides is 4. The van der Waals surface area contributed by atoms with E-state index in [1.165, 1.54) is 0 Å². The van der Waals surface area contributed by atoms with Crippen LogP contribution in [0.25, 0.3) is 0 Å². The van der Waals surface area contributed by atoms with Gasteiger partial charge in [-0.05, 0) is 0 Å². The van der Waals surface area contributed by atoms with E-state index in [9.17, 15) is 19.2 Å². The Bertz CT molecular complexity index is 357. The quantitative estimate of drug-likeness (QED) is 0.196. The topological polar surface area (TPSA) is 116 Å². The second kappa shape index (κ2) is 22.9. The Morgan fingerprint density at radius 2 is 0.692 bits per heavy atom. The molecule has 26 heavy (non-hydrogen) atoms. The molecule has 0 saturated carbocycles. The molecule has 0 radical (unpaired) electrons. The number of carbonyl (C=O) groups is 4. The van der Waals surface area contributed by atoms with Crippen molar-refractivity contribution in [3.05, 3.63) is 0 Å². The normalized spacial score (nSPS) is 8.46. The smallest absolute Gasteiger partial charge is 1.00 e. The monoisotopic (exact) mass is 784 g/mol. The van der Waals surface area contributed by atoms with Gasteiger partial charge in [0.05, 0.1) is 0 Å². The van der Waals surface area contributed by atoms with Crippen molar-refractivity contribution in [2.45, 2.75) is 53.4 Å². The molecule has 0 fully saturated rings. The molecule has 0 bridgehead atoms. The maximum absolute atomic E-state index is 11.7. The Morgan fingerprint density at radius 1 is 0.538 bits per heavy atom. The van der Waals surface area contributed by atoms with Crippen molar-refractivity contribution in [3.63, 3.8) is 0 Å². The Hall–Kier alpha value is 1.57. The van der Waals surface area contributed by atoms with Crippen LogP contribution in [0.1, 0.15) is 53.4 Å². The van der Waals surface area contributed by atoms with Gasteiger partial charge in [-0.25, -0.2) is 0 Å². The largest absolute Gasteiger partial charge is 4.00 e. The minimum atomic E-state index is -4.41. The van der Waals surface area contributed by atoms with Crippen molar-refractivity contribution in [1.82, 2.24) is 13.0 Å². The zero-order valence-corrected chi connectivity index (χ0v) is 26.2. The average Bonchev–Trinajstić information content (AvgIpc) is 2.46. The second-order valence-corrected chi connectivity index (χ2v) is 10.5. The summed E-state index contributed by atoms with van der Waals surface area (Å²) in [7, 11) is 0. The van der Waals surface area contributed by atoms with Gasteiger partial charge in [-0.3, -0.25) is 0 Å². The van der Waals surface area contributed by atoms with Gasteiger partial charge >= 0.3 is 157 Å². The molecule has 0 aromatic rings. The molecule has 0 spiro atoms. The predicted octanol–water partition coefficient (Wildman–Crippen LogP) is -12.1. The summed E-state index contributed by atoms with van der Waals surface area (Å²) in [5, 5.41) is 0. The molecule has 0 heterocycles. The average molecular weight is 790 g/mol. The predicted molar refractivity (Wildman–Crippen MR) is 73.7 cm³/mol. The van der Waals surface area contributed by atoms with Crippen LogP contribution in [0.3, 0.4) is 0 Å². The van der Waals surface area contributed by atoms with Crippen LogP contribution in [0.5, 0.6) is 0 Å². The minimum absolute atomic E-state index is 0. The third-order valence-corrected chi connectivity index (χ3v) is 9.02. The van der Waals surface area contributed by atoms with Crippen LogP contribution in [-0.4, -0.2) is 23.6 Å². The first-order chi connectivity index (χ1) is 9.82. The fourth-order valence-electron chi connectivity index (χ4n) is 1.38. The van der Waals surface area contributed by atoms with E-state index in [0.717, 1.165) is 0 Å².